The Bertz CT molecular complexity index is 715. The molecular formula is C16H13BrFNO2. The van der Waals surface area contributed by atoms with Crippen LogP contribution in [0.1, 0.15) is 23.1 Å². The molecule has 0 atom stereocenters. The minimum atomic E-state index is -0.302. The molecule has 0 saturated heterocycles. The summed E-state index contributed by atoms with van der Waals surface area (Å²) in [6.07, 6.45) is 1.49. The van der Waals surface area contributed by atoms with E-state index in [-0.39, 0.29) is 12.4 Å². The fraction of sp³-hybridized carbons (Fsp3) is 0.188. The third kappa shape index (κ3) is 2.65. The van der Waals surface area contributed by atoms with Gasteiger partial charge in [0.1, 0.15) is 18.2 Å². The standard InChI is InChI=1S/C16H13BrFNO2/c17-16-10(3-1-5-13(16)18)9-21-15-6-2-4-11-12(15)7-8-14(11)19-20/h1-6,20H,7-9H2/b19-14-. The van der Waals surface area contributed by atoms with Gasteiger partial charge in [-0.2, -0.15) is 0 Å². The molecule has 0 spiro atoms. The second kappa shape index (κ2) is 5.85. The van der Waals surface area contributed by atoms with Crippen LogP contribution >= 0.6 is 15.9 Å². The maximum atomic E-state index is 13.5. The Morgan fingerprint density at radius 1 is 1.19 bits per heavy atom. The van der Waals surface area contributed by atoms with Crippen molar-refractivity contribution in [1.82, 2.24) is 0 Å². The number of hydrogen-bond acceptors (Lipinski definition) is 3. The van der Waals surface area contributed by atoms with Gasteiger partial charge in [-0.05, 0) is 40.9 Å². The van der Waals surface area contributed by atoms with Crippen molar-refractivity contribution in [3.05, 3.63) is 63.4 Å². The van der Waals surface area contributed by atoms with Gasteiger partial charge < -0.3 is 9.94 Å². The minimum Gasteiger partial charge on any atom is -0.489 e. The number of oxime groups is 1. The van der Waals surface area contributed by atoms with Crippen molar-refractivity contribution in [1.29, 1.82) is 0 Å². The van der Waals surface area contributed by atoms with Gasteiger partial charge >= 0.3 is 0 Å². The van der Waals surface area contributed by atoms with E-state index in [1.54, 1.807) is 6.07 Å². The number of hydrogen-bond donors (Lipinski definition) is 1. The Labute approximate surface area is 130 Å². The highest BCUT2D eigenvalue weighted by molar-refractivity contribution is 9.10. The fourth-order valence-corrected chi connectivity index (χ4v) is 2.91. The predicted octanol–water partition coefficient (Wildman–Crippen LogP) is 4.29. The highest BCUT2D eigenvalue weighted by Gasteiger charge is 2.21. The van der Waals surface area contributed by atoms with Crippen LogP contribution in [-0.4, -0.2) is 10.9 Å². The Morgan fingerprint density at radius 2 is 2.00 bits per heavy atom. The number of ether oxygens (including phenoxy) is 1. The first-order valence-corrected chi connectivity index (χ1v) is 7.39. The van der Waals surface area contributed by atoms with Gasteiger partial charge in [0.05, 0.1) is 10.2 Å². The van der Waals surface area contributed by atoms with E-state index in [9.17, 15) is 4.39 Å². The van der Waals surface area contributed by atoms with Crippen LogP contribution < -0.4 is 4.74 Å². The molecule has 3 rings (SSSR count). The van der Waals surface area contributed by atoms with E-state index >= 15 is 0 Å². The van der Waals surface area contributed by atoms with E-state index in [1.165, 1.54) is 6.07 Å². The summed E-state index contributed by atoms with van der Waals surface area (Å²) in [7, 11) is 0. The molecule has 2 aromatic carbocycles. The van der Waals surface area contributed by atoms with E-state index in [0.29, 0.717) is 16.6 Å². The third-order valence-electron chi connectivity index (χ3n) is 3.59. The SMILES string of the molecule is O/N=C1/CCc2c(OCc3cccc(F)c3Br)cccc21. The number of benzene rings is 2. The zero-order valence-electron chi connectivity index (χ0n) is 11.1. The maximum Gasteiger partial charge on any atom is 0.137 e. The summed E-state index contributed by atoms with van der Waals surface area (Å²) < 4.78 is 19.7. The topological polar surface area (TPSA) is 41.8 Å². The largest absolute Gasteiger partial charge is 0.489 e. The molecule has 0 aromatic heterocycles. The summed E-state index contributed by atoms with van der Waals surface area (Å²) >= 11 is 3.23. The minimum absolute atomic E-state index is 0.278. The second-order valence-electron chi connectivity index (χ2n) is 4.83. The third-order valence-corrected chi connectivity index (χ3v) is 4.48. The van der Waals surface area contributed by atoms with Crippen LogP contribution in [0.2, 0.25) is 0 Å². The number of rotatable bonds is 3. The Hall–Kier alpha value is -1.88. The van der Waals surface area contributed by atoms with E-state index in [4.69, 9.17) is 9.94 Å². The lowest BCUT2D eigenvalue weighted by Gasteiger charge is -2.11. The van der Waals surface area contributed by atoms with Crippen molar-refractivity contribution >= 4 is 21.6 Å². The normalized spacial score (nSPS) is 15.2. The van der Waals surface area contributed by atoms with Gasteiger partial charge in [0, 0.05) is 16.7 Å². The van der Waals surface area contributed by atoms with Crippen molar-refractivity contribution in [3.63, 3.8) is 0 Å². The molecule has 3 nitrogen and oxygen atoms in total. The first-order valence-electron chi connectivity index (χ1n) is 6.59. The lowest BCUT2D eigenvalue weighted by molar-refractivity contribution is 0.302. The van der Waals surface area contributed by atoms with Crippen molar-refractivity contribution in [2.45, 2.75) is 19.4 Å². The van der Waals surface area contributed by atoms with Crippen molar-refractivity contribution < 1.29 is 14.3 Å². The summed E-state index contributed by atoms with van der Waals surface area (Å²) in [5, 5.41) is 12.3. The van der Waals surface area contributed by atoms with Crippen molar-refractivity contribution in [3.8, 4) is 5.75 Å². The molecule has 0 aliphatic heterocycles. The molecule has 0 fully saturated rings. The lowest BCUT2D eigenvalue weighted by atomic mass is 10.1. The number of nitrogens with zero attached hydrogens (tertiary/aromatic N) is 1. The molecule has 21 heavy (non-hydrogen) atoms. The molecule has 0 radical (unpaired) electrons. The Balaban J connectivity index is 1.84. The second-order valence-corrected chi connectivity index (χ2v) is 5.62. The lowest BCUT2D eigenvalue weighted by Crippen LogP contribution is -2.01. The summed E-state index contributed by atoms with van der Waals surface area (Å²) in [6, 6.07) is 10.5. The molecule has 0 saturated carbocycles. The van der Waals surface area contributed by atoms with E-state index in [1.807, 2.05) is 24.3 Å². The Kier molecular flexibility index (Phi) is 3.92. The molecule has 1 aliphatic carbocycles. The molecule has 108 valence electrons. The van der Waals surface area contributed by atoms with Crippen LogP contribution in [0.3, 0.4) is 0 Å². The smallest absolute Gasteiger partial charge is 0.137 e. The zero-order valence-corrected chi connectivity index (χ0v) is 12.7. The fourth-order valence-electron chi connectivity index (χ4n) is 2.53. The molecule has 2 aromatic rings. The van der Waals surface area contributed by atoms with Crippen molar-refractivity contribution in [2.75, 3.05) is 0 Å². The van der Waals surface area contributed by atoms with Gasteiger partial charge in [-0.1, -0.05) is 29.4 Å². The van der Waals surface area contributed by atoms with Gasteiger partial charge in [0.2, 0.25) is 0 Å². The highest BCUT2D eigenvalue weighted by Crippen LogP contribution is 2.32. The van der Waals surface area contributed by atoms with Gasteiger partial charge in [-0.3, -0.25) is 0 Å². The van der Waals surface area contributed by atoms with Gasteiger partial charge in [-0.15, -0.1) is 0 Å². The van der Waals surface area contributed by atoms with Crippen LogP contribution in [0.4, 0.5) is 4.39 Å². The molecule has 0 unspecified atom stereocenters. The van der Waals surface area contributed by atoms with Gasteiger partial charge in [0.15, 0.2) is 0 Å². The quantitative estimate of drug-likeness (QED) is 0.663. The Morgan fingerprint density at radius 3 is 2.81 bits per heavy atom. The molecule has 1 aliphatic rings. The summed E-state index contributed by atoms with van der Waals surface area (Å²) in [4.78, 5) is 0. The van der Waals surface area contributed by atoms with Crippen LogP contribution in [0.15, 0.2) is 46.0 Å². The predicted molar refractivity (Wildman–Crippen MR) is 81.5 cm³/mol. The molecule has 5 heteroatoms. The first-order chi connectivity index (χ1) is 10.2. The maximum absolute atomic E-state index is 13.5. The van der Waals surface area contributed by atoms with Crippen LogP contribution in [-0.2, 0) is 13.0 Å². The molecule has 0 bridgehead atoms. The molecule has 0 amide bonds. The van der Waals surface area contributed by atoms with Gasteiger partial charge in [0.25, 0.3) is 0 Å². The average molecular weight is 350 g/mol. The van der Waals surface area contributed by atoms with Crippen LogP contribution in [0, 0.1) is 5.82 Å². The number of fused-ring (bicyclic) bond motifs is 1. The zero-order chi connectivity index (χ0) is 14.8. The molecule has 0 heterocycles. The van der Waals surface area contributed by atoms with Crippen LogP contribution in [0.25, 0.3) is 0 Å². The first kappa shape index (κ1) is 14.1. The van der Waals surface area contributed by atoms with Crippen molar-refractivity contribution in [2.24, 2.45) is 5.16 Å². The van der Waals surface area contributed by atoms with Gasteiger partial charge in [-0.25, -0.2) is 4.39 Å². The molecule has 1 N–H and O–H groups in total. The number of halogens is 2. The molecular weight excluding hydrogens is 337 g/mol. The van der Waals surface area contributed by atoms with E-state index in [2.05, 4.69) is 21.1 Å². The monoisotopic (exact) mass is 349 g/mol. The summed E-state index contributed by atoms with van der Waals surface area (Å²) in [5.74, 6) is 0.450. The average Bonchev–Trinajstić information content (AvgIpc) is 2.92. The summed E-state index contributed by atoms with van der Waals surface area (Å²) in [5.41, 5.74) is 3.40. The van der Waals surface area contributed by atoms with E-state index in [0.717, 1.165) is 28.9 Å². The highest BCUT2D eigenvalue weighted by atomic mass is 79.9. The van der Waals surface area contributed by atoms with E-state index < -0.39 is 0 Å². The van der Waals surface area contributed by atoms with Crippen LogP contribution in [0.5, 0.6) is 5.75 Å². The summed E-state index contributed by atoms with van der Waals surface area (Å²) in [6.45, 7) is 0.278.